The summed E-state index contributed by atoms with van der Waals surface area (Å²) in [6.07, 6.45) is 5.46. The fraction of sp³-hybridized carbons (Fsp3) is 0.765. The zero-order valence-corrected chi connectivity index (χ0v) is 16.5. The minimum absolute atomic E-state index is 0. The van der Waals surface area contributed by atoms with Gasteiger partial charge < -0.3 is 10.2 Å². The van der Waals surface area contributed by atoms with Crippen molar-refractivity contribution in [2.24, 2.45) is 13.0 Å². The standard InChI is InChI=1S/C17H28N4O.2ClH/c1-12-16(13(2)20(3)19-12)10-17(22)21-8-6-15(7-9-21)18-11-14-4-5-14;;/h14-15,18H,4-11H2,1-3H3;2*1H. The number of piperidine rings is 1. The predicted molar refractivity (Wildman–Crippen MR) is 101 cm³/mol. The molecule has 0 atom stereocenters. The summed E-state index contributed by atoms with van der Waals surface area (Å²) in [6.45, 7) is 6.98. The van der Waals surface area contributed by atoms with Crippen LogP contribution in [0, 0.1) is 19.8 Å². The van der Waals surface area contributed by atoms with Crippen molar-refractivity contribution in [1.82, 2.24) is 20.0 Å². The lowest BCUT2D eigenvalue weighted by molar-refractivity contribution is -0.131. The number of halogens is 2. The lowest BCUT2D eigenvalue weighted by atomic mass is 10.0. The number of aromatic nitrogens is 2. The highest BCUT2D eigenvalue weighted by Gasteiger charge is 2.26. The number of likely N-dealkylation sites (tertiary alicyclic amines) is 1. The maximum atomic E-state index is 12.5. The summed E-state index contributed by atoms with van der Waals surface area (Å²) in [4.78, 5) is 14.6. The molecule has 1 saturated heterocycles. The number of nitrogens with zero attached hydrogens (tertiary/aromatic N) is 3. The molecule has 138 valence electrons. The summed E-state index contributed by atoms with van der Waals surface area (Å²) < 4.78 is 1.87. The molecule has 1 aromatic rings. The van der Waals surface area contributed by atoms with E-state index in [9.17, 15) is 4.79 Å². The number of rotatable bonds is 5. The molecular weight excluding hydrogens is 347 g/mol. The van der Waals surface area contributed by atoms with E-state index in [2.05, 4.69) is 10.4 Å². The zero-order valence-electron chi connectivity index (χ0n) is 14.9. The van der Waals surface area contributed by atoms with Gasteiger partial charge in [0.05, 0.1) is 12.1 Å². The smallest absolute Gasteiger partial charge is 0.227 e. The molecule has 1 saturated carbocycles. The van der Waals surface area contributed by atoms with Crippen LogP contribution in [0.15, 0.2) is 0 Å². The van der Waals surface area contributed by atoms with Gasteiger partial charge in [-0.05, 0) is 52.0 Å². The van der Waals surface area contributed by atoms with Gasteiger partial charge in [-0.3, -0.25) is 9.48 Å². The normalized spacial score (nSPS) is 18.0. The van der Waals surface area contributed by atoms with Crippen LogP contribution in [0.2, 0.25) is 0 Å². The van der Waals surface area contributed by atoms with Crippen LogP contribution in [0.5, 0.6) is 0 Å². The summed E-state index contributed by atoms with van der Waals surface area (Å²) in [5, 5.41) is 8.07. The first-order chi connectivity index (χ1) is 10.5. The molecule has 1 aliphatic heterocycles. The van der Waals surface area contributed by atoms with Gasteiger partial charge in [0.15, 0.2) is 0 Å². The number of nitrogens with one attached hydrogen (secondary N) is 1. The average Bonchev–Trinajstić information content (AvgIpc) is 3.30. The minimum atomic E-state index is 0. The van der Waals surface area contributed by atoms with Crippen molar-refractivity contribution in [2.45, 2.75) is 52.0 Å². The molecule has 5 nitrogen and oxygen atoms in total. The van der Waals surface area contributed by atoms with Crippen LogP contribution in [-0.2, 0) is 18.3 Å². The van der Waals surface area contributed by atoms with Crippen molar-refractivity contribution in [3.05, 3.63) is 17.0 Å². The average molecular weight is 377 g/mol. The Morgan fingerprint density at radius 2 is 1.79 bits per heavy atom. The first-order valence-electron chi connectivity index (χ1n) is 8.55. The van der Waals surface area contributed by atoms with Crippen molar-refractivity contribution < 1.29 is 4.79 Å². The number of amides is 1. The lowest BCUT2D eigenvalue weighted by Gasteiger charge is -2.32. The van der Waals surface area contributed by atoms with Crippen molar-refractivity contribution >= 4 is 30.7 Å². The second-order valence-corrected chi connectivity index (χ2v) is 6.96. The number of aryl methyl sites for hydroxylation is 2. The van der Waals surface area contributed by atoms with E-state index in [0.717, 1.165) is 48.8 Å². The minimum Gasteiger partial charge on any atom is -0.342 e. The van der Waals surface area contributed by atoms with E-state index in [1.165, 1.54) is 19.4 Å². The highest BCUT2D eigenvalue weighted by Crippen LogP contribution is 2.28. The monoisotopic (exact) mass is 376 g/mol. The number of carbonyl (C=O) groups excluding carboxylic acids is 1. The Balaban J connectivity index is 0.00000144. The lowest BCUT2D eigenvalue weighted by Crippen LogP contribution is -2.45. The first-order valence-corrected chi connectivity index (χ1v) is 8.55. The van der Waals surface area contributed by atoms with E-state index in [0.29, 0.717) is 12.5 Å². The van der Waals surface area contributed by atoms with Gasteiger partial charge in [-0.1, -0.05) is 0 Å². The van der Waals surface area contributed by atoms with E-state index < -0.39 is 0 Å². The van der Waals surface area contributed by atoms with Crippen molar-refractivity contribution in [2.75, 3.05) is 19.6 Å². The molecule has 3 rings (SSSR count). The molecule has 0 bridgehead atoms. The van der Waals surface area contributed by atoms with Gasteiger partial charge >= 0.3 is 0 Å². The molecule has 7 heteroatoms. The van der Waals surface area contributed by atoms with Gasteiger partial charge in [-0.25, -0.2) is 0 Å². The Morgan fingerprint density at radius 3 is 2.29 bits per heavy atom. The Morgan fingerprint density at radius 1 is 1.17 bits per heavy atom. The molecule has 1 N–H and O–H groups in total. The second-order valence-electron chi connectivity index (χ2n) is 6.96. The third kappa shape index (κ3) is 5.11. The highest BCUT2D eigenvalue weighted by atomic mass is 35.5. The zero-order chi connectivity index (χ0) is 15.7. The Hall–Kier alpha value is -0.780. The second kappa shape index (κ2) is 9.07. The van der Waals surface area contributed by atoms with Gasteiger partial charge in [0.25, 0.3) is 0 Å². The fourth-order valence-corrected chi connectivity index (χ4v) is 3.32. The third-order valence-electron chi connectivity index (χ3n) is 5.23. The molecule has 1 aromatic heterocycles. The van der Waals surface area contributed by atoms with Gasteiger partial charge in [0.2, 0.25) is 5.91 Å². The van der Waals surface area contributed by atoms with E-state index >= 15 is 0 Å². The van der Waals surface area contributed by atoms with Crippen LogP contribution in [0.4, 0.5) is 0 Å². The van der Waals surface area contributed by atoms with Gasteiger partial charge in [0.1, 0.15) is 0 Å². The van der Waals surface area contributed by atoms with Crippen LogP contribution in [0.1, 0.15) is 42.6 Å². The number of hydrogen-bond acceptors (Lipinski definition) is 3. The highest BCUT2D eigenvalue weighted by molar-refractivity contribution is 5.85. The first kappa shape index (κ1) is 21.3. The Bertz CT molecular complexity index is 549. The number of carbonyl (C=O) groups is 1. The molecule has 2 fully saturated rings. The topological polar surface area (TPSA) is 50.2 Å². The predicted octanol–water partition coefficient (Wildman–Crippen LogP) is 2.41. The van der Waals surface area contributed by atoms with Gasteiger partial charge in [-0.2, -0.15) is 5.10 Å². The van der Waals surface area contributed by atoms with Crippen molar-refractivity contribution in [3.63, 3.8) is 0 Å². The van der Waals surface area contributed by atoms with Gasteiger partial charge in [-0.15, -0.1) is 24.8 Å². The summed E-state index contributed by atoms with van der Waals surface area (Å²) in [7, 11) is 1.94. The maximum absolute atomic E-state index is 12.5. The summed E-state index contributed by atoms with van der Waals surface area (Å²) in [5.41, 5.74) is 3.18. The van der Waals surface area contributed by atoms with Crippen molar-refractivity contribution in [1.29, 1.82) is 0 Å². The van der Waals surface area contributed by atoms with Crippen LogP contribution in [0.3, 0.4) is 0 Å². The molecule has 2 heterocycles. The SMILES string of the molecule is Cc1nn(C)c(C)c1CC(=O)N1CCC(NCC2CC2)CC1.Cl.Cl. The summed E-state index contributed by atoms with van der Waals surface area (Å²) >= 11 is 0. The van der Waals surface area contributed by atoms with E-state index in [4.69, 9.17) is 0 Å². The third-order valence-corrected chi connectivity index (χ3v) is 5.23. The summed E-state index contributed by atoms with van der Waals surface area (Å²) in [5.74, 6) is 1.18. The quantitative estimate of drug-likeness (QED) is 0.858. The molecule has 24 heavy (non-hydrogen) atoms. The molecule has 1 aliphatic carbocycles. The molecule has 2 aliphatic rings. The van der Waals surface area contributed by atoms with E-state index in [1.807, 2.05) is 30.5 Å². The summed E-state index contributed by atoms with van der Waals surface area (Å²) in [6, 6.07) is 0.603. The Labute approximate surface area is 157 Å². The molecule has 0 radical (unpaired) electrons. The number of hydrogen-bond donors (Lipinski definition) is 1. The van der Waals surface area contributed by atoms with Crippen LogP contribution in [-0.4, -0.2) is 46.3 Å². The van der Waals surface area contributed by atoms with Crippen LogP contribution >= 0.6 is 24.8 Å². The fourth-order valence-electron chi connectivity index (χ4n) is 3.32. The van der Waals surface area contributed by atoms with E-state index in [1.54, 1.807) is 0 Å². The molecular formula is C17H30Cl2N4O. The Kier molecular flexibility index (Phi) is 8.03. The van der Waals surface area contributed by atoms with Gasteiger partial charge in [0, 0.05) is 37.4 Å². The molecule has 1 amide bonds. The maximum Gasteiger partial charge on any atom is 0.227 e. The van der Waals surface area contributed by atoms with Crippen LogP contribution < -0.4 is 5.32 Å². The van der Waals surface area contributed by atoms with Crippen molar-refractivity contribution in [3.8, 4) is 0 Å². The van der Waals surface area contributed by atoms with Crippen LogP contribution in [0.25, 0.3) is 0 Å². The largest absolute Gasteiger partial charge is 0.342 e. The molecule has 0 spiro atoms. The van der Waals surface area contributed by atoms with E-state index in [-0.39, 0.29) is 30.7 Å². The molecule has 0 unspecified atom stereocenters. The molecule has 0 aromatic carbocycles.